The van der Waals surface area contributed by atoms with Gasteiger partial charge in [0.2, 0.25) is 0 Å². The molecule has 0 radical (unpaired) electrons. The quantitative estimate of drug-likeness (QED) is 0.668. The molecule has 0 aliphatic carbocycles. The zero-order chi connectivity index (χ0) is 16.5. The summed E-state index contributed by atoms with van der Waals surface area (Å²) < 4.78 is 5.48. The van der Waals surface area contributed by atoms with Gasteiger partial charge < -0.3 is 20.7 Å². The molecule has 0 saturated carbocycles. The van der Waals surface area contributed by atoms with E-state index >= 15 is 0 Å². The Bertz CT molecular complexity index is 554. The maximum atomic E-state index is 12.2. The first-order valence-electron chi connectivity index (χ1n) is 7.80. The van der Waals surface area contributed by atoms with Gasteiger partial charge >= 0.3 is 6.03 Å². The summed E-state index contributed by atoms with van der Waals surface area (Å²) in [4.78, 5) is 23.6. The van der Waals surface area contributed by atoms with Crippen LogP contribution in [0.1, 0.15) is 28.8 Å². The molecule has 3 amide bonds. The second kappa shape index (κ2) is 8.95. The number of amides is 3. The third kappa shape index (κ3) is 5.75. The van der Waals surface area contributed by atoms with E-state index in [9.17, 15) is 9.59 Å². The first-order chi connectivity index (χ1) is 11.2. The first-order valence-corrected chi connectivity index (χ1v) is 7.80. The van der Waals surface area contributed by atoms with Crippen LogP contribution in [0.5, 0.6) is 0 Å². The lowest BCUT2D eigenvalue weighted by molar-refractivity contribution is 0.0857. The fraction of sp³-hybridized carbons (Fsp3) is 0.412. The SMILES string of the molecule is C=CCNC(=O)NCc1cccc(C(=O)NC[C@H]2CCCO2)c1. The summed E-state index contributed by atoms with van der Waals surface area (Å²) >= 11 is 0. The van der Waals surface area contributed by atoms with Gasteiger partial charge in [-0.15, -0.1) is 6.58 Å². The Hall–Kier alpha value is -2.34. The smallest absolute Gasteiger partial charge is 0.315 e. The number of rotatable bonds is 7. The Balaban J connectivity index is 1.81. The molecule has 124 valence electrons. The van der Waals surface area contributed by atoms with Gasteiger partial charge in [-0.05, 0) is 30.5 Å². The van der Waals surface area contributed by atoms with E-state index in [4.69, 9.17) is 4.74 Å². The minimum atomic E-state index is -0.266. The van der Waals surface area contributed by atoms with E-state index in [2.05, 4.69) is 22.5 Å². The summed E-state index contributed by atoms with van der Waals surface area (Å²) in [6.45, 7) is 5.61. The van der Waals surface area contributed by atoms with Crippen LogP contribution < -0.4 is 16.0 Å². The number of nitrogens with one attached hydrogen (secondary N) is 3. The fourth-order valence-corrected chi connectivity index (χ4v) is 2.35. The average Bonchev–Trinajstić information content (AvgIpc) is 3.09. The number of carbonyl (C=O) groups is 2. The Morgan fingerprint density at radius 2 is 2.17 bits per heavy atom. The summed E-state index contributed by atoms with van der Waals surface area (Å²) in [7, 11) is 0. The molecule has 1 fully saturated rings. The number of urea groups is 1. The Morgan fingerprint density at radius 3 is 2.91 bits per heavy atom. The standard InChI is InChI=1S/C17H23N3O3/c1-2-8-18-17(22)20-11-13-5-3-6-14(10-13)16(21)19-12-15-7-4-9-23-15/h2-3,5-6,10,15H,1,4,7-9,11-12H2,(H,19,21)(H2,18,20,22)/t15-/m1/s1. The van der Waals surface area contributed by atoms with Crippen LogP contribution in [-0.4, -0.2) is 37.7 Å². The maximum Gasteiger partial charge on any atom is 0.315 e. The highest BCUT2D eigenvalue weighted by molar-refractivity contribution is 5.94. The van der Waals surface area contributed by atoms with Gasteiger partial charge in [0.1, 0.15) is 0 Å². The molecule has 0 bridgehead atoms. The van der Waals surface area contributed by atoms with Gasteiger partial charge in [-0.3, -0.25) is 4.79 Å². The third-order valence-electron chi connectivity index (χ3n) is 3.56. The lowest BCUT2D eigenvalue weighted by Gasteiger charge is -2.11. The molecule has 1 aliphatic rings. The zero-order valence-corrected chi connectivity index (χ0v) is 13.1. The van der Waals surface area contributed by atoms with Crippen molar-refractivity contribution in [3.05, 3.63) is 48.0 Å². The van der Waals surface area contributed by atoms with Crippen molar-refractivity contribution in [3.63, 3.8) is 0 Å². The monoisotopic (exact) mass is 317 g/mol. The number of hydrogen-bond donors (Lipinski definition) is 3. The third-order valence-corrected chi connectivity index (χ3v) is 3.56. The maximum absolute atomic E-state index is 12.2. The summed E-state index contributed by atoms with van der Waals surface area (Å²) in [5.41, 5.74) is 1.44. The number of benzene rings is 1. The van der Waals surface area contributed by atoms with E-state index in [1.807, 2.05) is 6.07 Å². The van der Waals surface area contributed by atoms with Gasteiger partial charge in [0.25, 0.3) is 5.91 Å². The van der Waals surface area contributed by atoms with Crippen LogP contribution in [0.4, 0.5) is 4.79 Å². The Morgan fingerprint density at radius 1 is 1.30 bits per heavy atom. The summed E-state index contributed by atoms with van der Waals surface area (Å²) in [5.74, 6) is -0.126. The van der Waals surface area contributed by atoms with E-state index in [1.54, 1.807) is 24.3 Å². The summed E-state index contributed by atoms with van der Waals surface area (Å²) in [6, 6.07) is 6.94. The van der Waals surface area contributed by atoms with E-state index < -0.39 is 0 Å². The minimum Gasteiger partial charge on any atom is -0.376 e. The molecule has 6 nitrogen and oxygen atoms in total. The van der Waals surface area contributed by atoms with E-state index in [0.717, 1.165) is 25.0 Å². The van der Waals surface area contributed by atoms with Crippen LogP contribution in [0, 0.1) is 0 Å². The lowest BCUT2D eigenvalue weighted by Crippen LogP contribution is -2.35. The molecule has 2 rings (SSSR count). The van der Waals surface area contributed by atoms with Crippen LogP contribution in [0.15, 0.2) is 36.9 Å². The van der Waals surface area contributed by atoms with Crippen LogP contribution in [-0.2, 0) is 11.3 Å². The first kappa shape index (κ1) is 17.0. The number of ether oxygens (including phenoxy) is 1. The van der Waals surface area contributed by atoms with Crippen LogP contribution in [0.25, 0.3) is 0 Å². The molecule has 0 spiro atoms. The molecule has 23 heavy (non-hydrogen) atoms. The second-order valence-electron chi connectivity index (χ2n) is 5.40. The highest BCUT2D eigenvalue weighted by atomic mass is 16.5. The van der Waals surface area contributed by atoms with Gasteiger partial charge in [0, 0.05) is 31.8 Å². The zero-order valence-electron chi connectivity index (χ0n) is 13.1. The molecule has 1 saturated heterocycles. The highest BCUT2D eigenvalue weighted by Crippen LogP contribution is 2.11. The molecule has 0 aromatic heterocycles. The van der Waals surface area contributed by atoms with Crippen LogP contribution in [0.3, 0.4) is 0 Å². The molecule has 6 heteroatoms. The van der Waals surface area contributed by atoms with Crippen molar-refractivity contribution in [2.75, 3.05) is 19.7 Å². The number of hydrogen-bond acceptors (Lipinski definition) is 3. The topological polar surface area (TPSA) is 79.5 Å². The van der Waals surface area contributed by atoms with E-state index in [1.165, 1.54) is 0 Å². The van der Waals surface area contributed by atoms with Crippen LogP contribution >= 0.6 is 0 Å². The molecule has 1 aromatic rings. The van der Waals surface area contributed by atoms with Gasteiger partial charge in [0.05, 0.1) is 6.10 Å². The van der Waals surface area contributed by atoms with Crippen molar-refractivity contribution in [1.82, 2.24) is 16.0 Å². The Labute approximate surface area is 136 Å². The van der Waals surface area contributed by atoms with Crippen molar-refractivity contribution in [1.29, 1.82) is 0 Å². The van der Waals surface area contributed by atoms with Crippen molar-refractivity contribution >= 4 is 11.9 Å². The molecule has 0 unspecified atom stereocenters. The molecule has 3 N–H and O–H groups in total. The van der Waals surface area contributed by atoms with E-state index in [-0.39, 0.29) is 18.0 Å². The predicted molar refractivity (Wildman–Crippen MR) is 88.2 cm³/mol. The molecular formula is C17H23N3O3. The second-order valence-corrected chi connectivity index (χ2v) is 5.40. The predicted octanol–water partition coefficient (Wildman–Crippen LogP) is 1.58. The normalized spacial score (nSPS) is 16.6. The van der Waals surface area contributed by atoms with Gasteiger partial charge in [-0.1, -0.05) is 18.2 Å². The van der Waals surface area contributed by atoms with Gasteiger partial charge in [-0.25, -0.2) is 4.79 Å². The van der Waals surface area contributed by atoms with Crippen LogP contribution in [0.2, 0.25) is 0 Å². The molecule has 1 heterocycles. The van der Waals surface area contributed by atoms with Crippen molar-refractivity contribution in [2.24, 2.45) is 0 Å². The molecule has 1 atom stereocenters. The van der Waals surface area contributed by atoms with Gasteiger partial charge in [0.15, 0.2) is 0 Å². The summed E-state index contributed by atoms with van der Waals surface area (Å²) in [5, 5.41) is 8.24. The average molecular weight is 317 g/mol. The molecule has 1 aliphatic heterocycles. The van der Waals surface area contributed by atoms with Crippen molar-refractivity contribution < 1.29 is 14.3 Å². The minimum absolute atomic E-state index is 0.123. The van der Waals surface area contributed by atoms with Crippen molar-refractivity contribution in [2.45, 2.75) is 25.5 Å². The molecular weight excluding hydrogens is 294 g/mol. The van der Waals surface area contributed by atoms with E-state index in [0.29, 0.717) is 25.2 Å². The summed E-state index contributed by atoms with van der Waals surface area (Å²) in [6.07, 6.45) is 3.77. The van der Waals surface area contributed by atoms with Gasteiger partial charge in [-0.2, -0.15) is 0 Å². The van der Waals surface area contributed by atoms with Crippen molar-refractivity contribution in [3.8, 4) is 0 Å². The highest BCUT2D eigenvalue weighted by Gasteiger charge is 2.16. The number of carbonyl (C=O) groups excluding carboxylic acids is 2. The molecule has 1 aromatic carbocycles. The lowest BCUT2D eigenvalue weighted by atomic mass is 10.1. The fourth-order valence-electron chi connectivity index (χ4n) is 2.35. The Kier molecular flexibility index (Phi) is 6.62. The largest absolute Gasteiger partial charge is 0.376 e.